The van der Waals surface area contributed by atoms with Crippen molar-refractivity contribution in [3.8, 4) is 0 Å². The molecule has 2 aliphatic rings. The lowest BCUT2D eigenvalue weighted by molar-refractivity contribution is 0.518. The maximum absolute atomic E-state index is 14.3. The van der Waals surface area contributed by atoms with Crippen LogP contribution in [0.2, 0.25) is 0 Å². The number of nitrogens with one attached hydrogen (secondary N) is 1. The fourth-order valence-electron chi connectivity index (χ4n) is 3.60. The van der Waals surface area contributed by atoms with E-state index < -0.39 is 11.6 Å². The van der Waals surface area contributed by atoms with Crippen LogP contribution in [0.4, 0.5) is 14.5 Å². The molecule has 1 aromatic rings. The van der Waals surface area contributed by atoms with Crippen LogP contribution in [0.15, 0.2) is 12.1 Å². The van der Waals surface area contributed by atoms with Crippen molar-refractivity contribution in [3.63, 3.8) is 0 Å². The van der Waals surface area contributed by atoms with Crippen LogP contribution in [-0.2, 0) is 6.54 Å². The number of halogens is 2. The third-order valence-corrected chi connectivity index (χ3v) is 4.53. The molecule has 0 spiro atoms. The standard InChI is InChI=1S/C16H22F2N2/c1-2-5-19-9-12-7-14(17)16(15(18)8-12)20-10-11-3-4-13(20)6-11/h7-8,11,13,19H,2-6,9-10H2,1H3. The zero-order valence-electron chi connectivity index (χ0n) is 12.0. The third-order valence-electron chi connectivity index (χ3n) is 4.53. The molecule has 2 nitrogen and oxygen atoms in total. The van der Waals surface area contributed by atoms with Crippen molar-refractivity contribution in [2.24, 2.45) is 5.92 Å². The van der Waals surface area contributed by atoms with Gasteiger partial charge in [0.2, 0.25) is 0 Å². The largest absolute Gasteiger partial charge is 0.364 e. The summed E-state index contributed by atoms with van der Waals surface area (Å²) in [7, 11) is 0. The summed E-state index contributed by atoms with van der Waals surface area (Å²) in [6.45, 7) is 4.26. The molecule has 2 unspecified atom stereocenters. The molecule has 1 aliphatic carbocycles. The van der Waals surface area contributed by atoms with Crippen molar-refractivity contribution in [3.05, 3.63) is 29.3 Å². The Labute approximate surface area is 119 Å². The van der Waals surface area contributed by atoms with E-state index >= 15 is 0 Å². The minimum Gasteiger partial charge on any atom is -0.364 e. The molecular formula is C16H22F2N2. The molecule has 2 atom stereocenters. The zero-order valence-corrected chi connectivity index (χ0v) is 12.0. The summed E-state index contributed by atoms with van der Waals surface area (Å²) in [6, 6.07) is 3.30. The van der Waals surface area contributed by atoms with E-state index in [9.17, 15) is 8.78 Å². The van der Waals surface area contributed by atoms with Crippen LogP contribution < -0.4 is 10.2 Å². The SMILES string of the molecule is CCCNCc1cc(F)c(N2CC3CCC2C3)c(F)c1. The van der Waals surface area contributed by atoms with Crippen molar-refractivity contribution < 1.29 is 8.78 Å². The Hall–Kier alpha value is -1.16. The van der Waals surface area contributed by atoms with E-state index in [4.69, 9.17) is 0 Å². The molecule has 2 fully saturated rings. The van der Waals surface area contributed by atoms with E-state index in [0.717, 1.165) is 32.4 Å². The Morgan fingerprint density at radius 1 is 1.25 bits per heavy atom. The molecule has 0 aromatic heterocycles. The van der Waals surface area contributed by atoms with Crippen LogP contribution >= 0.6 is 0 Å². The molecule has 110 valence electrons. The minimum absolute atomic E-state index is 0.191. The minimum atomic E-state index is -0.411. The number of rotatable bonds is 5. The average molecular weight is 280 g/mol. The summed E-state index contributed by atoms with van der Waals surface area (Å²) in [5.41, 5.74) is 0.873. The van der Waals surface area contributed by atoms with Crippen LogP contribution in [0.25, 0.3) is 0 Å². The van der Waals surface area contributed by atoms with Crippen molar-refractivity contribution >= 4 is 5.69 Å². The highest BCUT2D eigenvalue weighted by Crippen LogP contribution is 2.42. The zero-order chi connectivity index (χ0) is 14.1. The fourth-order valence-corrected chi connectivity index (χ4v) is 3.60. The Morgan fingerprint density at radius 2 is 2.00 bits per heavy atom. The van der Waals surface area contributed by atoms with E-state index in [1.165, 1.54) is 18.6 Å². The molecule has 1 heterocycles. The van der Waals surface area contributed by atoms with Gasteiger partial charge in [-0.1, -0.05) is 6.92 Å². The van der Waals surface area contributed by atoms with E-state index in [2.05, 4.69) is 12.2 Å². The lowest BCUT2D eigenvalue weighted by atomic mass is 10.1. The summed E-state index contributed by atoms with van der Waals surface area (Å²) in [5.74, 6) is -0.193. The van der Waals surface area contributed by atoms with Crippen molar-refractivity contribution in [1.82, 2.24) is 5.32 Å². The molecular weight excluding hydrogens is 258 g/mol. The second-order valence-electron chi connectivity index (χ2n) is 6.07. The van der Waals surface area contributed by atoms with E-state index in [1.54, 1.807) is 0 Å². The number of anilines is 1. The number of hydrogen-bond acceptors (Lipinski definition) is 2. The molecule has 0 radical (unpaired) electrons. The maximum Gasteiger partial charge on any atom is 0.149 e. The highest BCUT2D eigenvalue weighted by Gasteiger charge is 2.39. The van der Waals surface area contributed by atoms with Crippen LogP contribution in [0.3, 0.4) is 0 Å². The topological polar surface area (TPSA) is 15.3 Å². The third kappa shape index (κ3) is 2.53. The van der Waals surface area contributed by atoms with Gasteiger partial charge in [-0.3, -0.25) is 0 Å². The molecule has 0 amide bonds. The lowest BCUT2D eigenvalue weighted by Gasteiger charge is -2.30. The van der Waals surface area contributed by atoms with Crippen molar-refractivity contribution in [2.45, 2.75) is 45.2 Å². The van der Waals surface area contributed by atoms with Crippen molar-refractivity contribution in [1.29, 1.82) is 0 Å². The molecule has 2 bridgehead atoms. The summed E-state index contributed by atoms with van der Waals surface area (Å²) in [4.78, 5) is 1.95. The molecule has 1 saturated heterocycles. The van der Waals surface area contributed by atoms with Crippen LogP contribution in [0, 0.1) is 17.6 Å². The number of fused-ring (bicyclic) bond motifs is 2. The Balaban J connectivity index is 1.78. The Bertz CT molecular complexity index is 466. The number of hydrogen-bond donors (Lipinski definition) is 1. The van der Waals surface area contributed by atoms with E-state index in [0.29, 0.717) is 24.1 Å². The van der Waals surface area contributed by atoms with Gasteiger partial charge in [0.15, 0.2) is 0 Å². The molecule has 1 aliphatic heterocycles. The van der Waals surface area contributed by atoms with Gasteiger partial charge in [-0.2, -0.15) is 0 Å². The summed E-state index contributed by atoms with van der Waals surface area (Å²) < 4.78 is 28.6. The van der Waals surface area contributed by atoms with Crippen LogP contribution in [0.1, 0.15) is 38.2 Å². The summed E-state index contributed by atoms with van der Waals surface area (Å²) in [5, 5.41) is 3.17. The van der Waals surface area contributed by atoms with Crippen LogP contribution in [-0.4, -0.2) is 19.1 Å². The Morgan fingerprint density at radius 3 is 2.55 bits per heavy atom. The second-order valence-corrected chi connectivity index (χ2v) is 6.07. The van der Waals surface area contributed by atoms with E-state index in [1.807, 2.05) is 4.90 Å². The predicted molar refractivity (Wildman–Crippen MR) is 76.8 cm³/mol. The first-order valence-corrected chi connectivity index (χ1v) is 7.64. The first-order chi connectivity index (χ1) is 9.69. The number of nitrogens with zero attached hydrogens (tertiary/aromatic N) is 1. The quantitative estimate of drug-likeness (QED) is 0.831. The van der Waals surface area contributed by atoms with Gasteiger partial charge in [0.1, 0.15) is 17.3 Å². The first-order valence-electron chi connectivity index (χ1n) is 7.64. The molecule has 4 heteroatoms. The van der Waals surface area contributed by atoms with Gasteiger partial charge in [0, 0.05) is 19.1 Å². The first kappa shape index (κ1) is 13.8. The second kappa shape index (κ2) is 5.68. The summed E-state index contributed by atoms with van der Waals surface area (Å²) >= 11 is 0. The van der Waals surface area contributed by atoms with Gasteiger partial charge in [-0.05, 0) is 55.8 Å². The number of benzene rings is 1. The smallest absolute Gasteiger partial charge is 0.149 e. The van der Waals surface area contributed by atoms with E-state index in [-0.39, 0.29) is 5.69 Å². The molecule has 1 N–H and O–H groups in total. The molecule has 3 rings (SSSR count). The van der Waals surface area contributed by atoms with Gasteiger partial charge in [-0.25, -0.2) is 8.78 Å². The highest BCUT2D eigenvalue weighted by atomic mass is 19.1. The predicted octanol–water partition coefficient (Wildman–Crippen LogP) is 3.45. The van der Waals surface area contributed by atoms with Gasteiger partial charge in [0.05, 0.1) is 0 Å². The number of piperidine rings is 1. The molecule has 20 heavy (non-hydrogen) atoms. The Kier molecular flexibility index (Phi) is 3.92. The molecule has 1 saturated carbocycles. The molecule has 1 aromatic carbocycles. The summed E-state index contributed by atoms with van der Waals surface area (Å²) in [6.07, 6.45) is 4.39. The maximum atomic E-state index is 14.3. The normalized spacial score (nSPS) is 24.6. The van der Waals surface area contributed by atoms with Gasteiger partial charge < -0.3 is 10.2 Å². The average Bonchev–Trinajstić information content (AvgIpc) is 3.01. The fraction of sp³-hybridized carbons (Fsp3) is 0.625. The van der Waals surface area contributed by atoms with Gasteiger partial charge >= 0.3 is 0 Å². The highest BCUT2D eigenvalue weighted by molar-refractivity contribution is 5.53. The van der Waals surface area contributed by atoms with Crippen LogP contribution in [0.5, 0.6) is 0 Å². The van der Waals surface area contributed by atoms with Gasteiger partial charge in [0.25, 0.3) is 0 Å². The lowest BCUT2D eigenvalue weighted by Crippen LogP contribution is -2.33. The monoisotopic (exact) mass is 280 g/mol. The van der Waals surface area contributed by atoms with Gasteiger partial charge in [-0.15, -0.1) is 0 Å². The van der Waals surface area contributed by atoms with Crippen molar-refractivity contribution in [2.75, 3.05) is 18.0 Å².